The summed E-state index contributed by atoms with van der Waals surface area (Å²) in [7, 11) is 0. The number of hydrogen-bond donors (Lipinski definition) is 1. The molecule has 0 atom stereocenters. The van der Waals surface area contributed by atoms with Gasteiger partial charge in [0.2, 0.25) is 5.82 Å². The van der Waals surface area contributed by atoms with Crippen molar-refractivity contribution in [3.05, 3.63) is 78.5 Å². The van der Waals surface area contributed by atoms with Gasteiger partial charge in [0.25, 0.3) is 5.89 Å². The van der Waals surface area contributed by atoms with Gasteiger partial charge in [-0.2, -0.15) is 4.98 Å². The number of nitrogens with one attached hydrogen (secondary N) is 1. The lowest BCUT2D eigenvalue weighted by Crippen LogP contribution is -2.47. The van der Waals surface area contributed by atoms with E-state index in [4.69, 9.17) is 4.52 Å². The van der Waals surface area contributed by atoms with Crippen molar-refractivity contribution in [3.8, 4) is 22.8 Å². The topological polar surface area (TPSA) is 70.3 Å². The van der Waals surface area contributed by atoms with Gasteiger partial charge in [0.05, 0.1) is 11.3 Å². The van der Waals surface area contributed by atoms with Crippen LogP contribution < -0.4 is 10.2 Å². The lowest BCUT2D eigenvalue weighted by atomic mass is 10.2. The Labute approximate surface area is 202 Å². The highest BCUT2D eigenvalue weighted by Crippen LogP contribution is 2.23. The molecule has 2 aromatic carbocycles. The lowest BCUT2D eigenvalue weighted by molar-refractivity contribution is 0.256. The van der Waals surface area contributed by atoms with E-state index in [1.807, 2.05) is 24.3 Å². The van der Waals surface area contributed by atoms with E-state index in [0.717, 1.165) is 51.5 Å². The summed E-state index contributed by atoms with van der Waals surface area (Å²) in [5.41, 5.74) is 1.94. The molecular weight excluding hydrogens is 450 g/mol. The van der Waals surface area contributed by atoms with Crippen molar-refractivity contribution in [2.75, 3.05) is 49.5 Å². The SMILES string of the molecule is Fc1cccc(-c2noc(-c3ccc(NCCCN4CCN(c5ccccc5F)CC4)nc3)n2)c1. The number of piperazine rings is 1. The molecule has 2 aromatic heterocycles. The zero-order chi connectivity index (χ0) is 24.0. The van der Waals surface area contributed by atoms with Crippen LogP contribution in [0.2, 0.25) is 0 Å². The highest BCUT2D eigenvalue weighted by Gasteiger charge is 2.18. The molecule has 1 N–H and O–H groups in total. The van der Waals surface area contributed by atoms with Gasteiger partial charge in [0, 0.05) is 44.5 Å². The summed E-state index contributed by atoms with van der Waals surface area (Å²) < 4.78 is 32.7. The van der Waals surface area contributed by atoms with E-state index >= 15 is 0 Å². The van der Waals surface area contributed by atoms with E-state index in [9.17, 15) is 8.78 Å². The summed E-state index contributed by atoms with van der Waals surface area (Å²) in [6, 6.07) is 16.8. The van der Waals surface area contributed by atoms with Gasteiger partial charge in [0.15, 0.2) is 0 Å². The summed E-state index contributed by atoms with van der Waals surface area (Å²) in [6.45, 7) is 5.26. The molecule has 9 heteroatoms. The Kier molecular flexibility index (Phi) is 6.94. The third-order valence-electron chi connectivity index (χ3n) is 6.04. The van der Waals surface area contributed by atoms with E-state index in [1.54, 1.807) is 24.4 Å². The molecule has 0 amide bonds. The van der Waals surface area contributed by atoms with Crippen molar-refractivity contribution in [1.29, 1.82) is 0 Å². The molecule has 1 saturated heterocycles. The molecule has 5 rings (SSSR count). The molecule has 0 unspecified atom stereocenters. The maximum Gasteiger partial charge on any atom is 0.259 e. The fraction of sp³-hybridized carbons (Fsp3) is 0.269. The second-order valence-electron chi connectivity index (χ2n) is 8.43. The summed E-state index contributed by atoms with van der Waals surface area (Å²) in [6.07, 6.45) is 2.65. The predicted molar refractivity (Wildman–Crippen MR) is 131 cm³/mol. The van der Waals surface area contributed by atoms with Crippen molar-refractivity contribution in [2.45, 2.75) is 6.42 Å². The molecule has 0 spiro atoms. The van der Waals surface area contributed by atoms with Crippen molar-refractivity contribution < 1.29 is 13.3 Å². The Morgan fingerprint density at radius 3 is 2.54 bits per heavy atom. The van der Waals surface area contributed by atoms with Gasteiger partial charge >= 0.3 is 0 Å². The first-order valence-electron chi connectivity index (χ1n) is 11.7. The third-order valence-corrected chi connectivity index (χ3v) is 6.04. The number of anilines is 2. The van der Waals surface area contributed by atoms with Crippen LogP contribution in [-0.2, 0) is 0 Å². The third kappa shape index (κ3) is 5.63. The first-order valence-corrected chi connectivity index (χ1v) is 11.7. The molecule has 180 valence electrons. The minimum absolute atomic E-state index is 0.158. The van der Waals surface area contributed by atoms with Crippen LogP contribution in [0.25, 0.3) is 22.8 Å². The molecule has 0 saturated carbocycles. The van der Waals surface area contributed by atoms with Crippen LogP contribution in [0.1, 0.15) is 6.42 Å². The highest BCUT2D eigenvalue weighted by molar-refractivity contribution is 5.60. The van der Waals surface area contributed by atoms with Gasteiger partial charge in [0.1, 0.15) is 17.5 Å². The van der Waals surface area contributed by atoms with Gasteiger partial charge in [-0.05, 0) is 49.4 Å². The number of pyridine rings is 1. The summed E-state index contributed by atoms with van der Waals surface area (Å²) in [5, 5.41) is 7.27. The maximum absolute atomic E-state index is 14.0. The molecule has 0 radical (unpaired) electrons. The van der Waals surface area contributed by atoms with Gasteiger partial charge in [-0.15, -0.1) is 0 Å². The number of benzene rings is 2. The first kappa shape index (κ1) is 22.9. The molecule has 0 bridgehead atoms. The molecule has 4 aromatic rings. The lowest BCUT2D eigenvalue weighted by Gasteiger charge is -2.36. The molecule has 1 aliphatic rings. The smallest absolute Gasteiger partial charge is 0.259 e. The predicted octanol–water partition coefficient (Wildman–Crippen LogP) is 4.70. The minimum atomic E-state index is -0.351. The van der Waals surface area contributed by atoms with E-state index in [0.29, 0.717) is 28.5 Å². The minimum Gasteiger partial charge on any atom is -0.370 e. The van der Waals surface area contributed by atoms with Crippen LogP contribution in [0.3, 0.4) is 0 Å². The normalized spacial score (nSPS) is 14.3. The number of nitrogens with zero attached hydrogens (tertiary/aromatic N) is 5. The van der Waals surface area contributed by atoms with Gasteiger partial charge in [-0.25, -0.2) is 13.8 Å². The molecular formula is C26H26F2N6O. The van der Waals surface area contributed by atoms with E-state index in [1.165, 1.54) is 18.2 Å². The molecule has 3 heterocycles. The van der Waals surface area contributed by atoms with Crippen LogP contribution in [-0.4, -0.2) is 59.3 Å². The number of hydrogen-bond acceptors (Lipinski definition) is 7. The fourth-order valence-electron chi connectivity index (χ4n) is 4.15. The Morgan fingerprint density at radius 1 is 0.914 bits per heavy atom. The van der Waals surface area contributed by atoms with E-state index < -0.39 is 0 Å². The van der Waals surface area contributed by atoms with E-state index in [2.05, 4.69) is 30.2 Å². The average Bonchev–Trinajstić information content (AvgIpc) is 3.38. The van der Waals surface area contributed by atoms with Crippen molar-refractivity contribution in [2.24, 2.45) is 0 Å². The van der Waals surface area contributed by atoms with Gasteiger partial charge < -0.3 is 14.7 Å². The Balaban J connectivity index is 1.06. The zero-order valence-corrected chi connectivity index (χ0v) is 19.2. The molecule has 1 fully saturated rings. The molecule has 7 nitrogen and oxygen atoms in total. The number of para-hydroxylation sites is 1. The Morgan fingerprint density at radius 2 is 1.77 bits per heavy atom. The molecule has 0 aliphatic carbocycles. The fourth-order valence-corrected chi connectivity index (χ4v) is 4.15. The van der Waals surface area contributed by atoms with Gasteiger partial charge in [-0.1, -0.05) is 29.4 Å². The first-order chi connectivity index (χ1) is 17.2. The maximum atomic E-state index is 14.0. The Bertz CT molecular complexity index is 1250. The summed E-state index contributed by atoms with van der Waals surface area (Å²) in [4.78, 5) is 13.3. The molecule has 35 heavy (non-hydrogen) atoms. The summed E-state index contributed by atoms with van der Waals surface area (Å²) >= 11 is 0. The van der Waals surface area contributed by atoms with Gasteiger partial charge in [-0.3, -0.25) is 4.90 Å². The van der Waals surface area contributed by atoms with E-state index in [-0.39, 0.29) is 11.6 Å². The Hall–Kier alpha value is -3.85. The average molecular weight is 477 g/mol. The molecule has 1 aliphatic heterocycles. The second kappa shape index (κ2) is 10.6. The zero-order valence-electron chi connectivity index (χ0n) is 19.2. The van der Waals surface area contributed by atoms with Crippen LogP contribution in [0.4, 0.5) is 20.3 Å². The quantitative estimate of drug-likeness (QED) is 0.370. The number of halogens is 2. The van der Waals surface area contributed by atoms with Crippen molar-refractivity contribution in [3.63, 3.8) is 0 Å². The summed E-state index contributed by atoms with van der Waals surface area (Å²) in [5.74, 6) is 0.919. The largest absolute Gasteiger partial charge is 0.370 e. The van der Waals surface area contributed by atoms with Crippen LogP contribution >= 0.6 is 0 Å². The standard InChI is InChI=1S/C26H26F2N6O/c27-21-6-3-5-19(17-21)25-31-26(35-32-25)20-9-10-24(30-18-20)29-11-4-12-33-13-15-34(16-14-33)23-8-2-1-7-22(23)28/h1-3,5-10,17-18H,4,11-16H2,(H,29,30). The second-order valence-corrected chi connectivity index (χ2v) is 8.43. The van der Waals surface area contributed by atoms with Crippen molar-refractivity contribution >= 4 is 11.5 Å². The van der Waals surface area contributed by atoms with Crippen LogP contribution in [0.15, 0.2) is 71.4 Å². The highest BCUT2D eigenvalue weighted by atomic mass is 19.1. The monoisotopic (exact) mass is 476 g/mol. The van der Waals surface area contributed by atoms with Crippen molar-refractivity contribution in [1.82, 2.24) is 20.0 Å². The number of rotatable bonds is 8. The number of aromatic nitrogens is 3. The van der Waals surface area contributed by atoms with Crippen LogP contribution in [0, 0.1) is 11.6 Å². The van der Waals surface area contributed by atoms with Crippen LogP contribution in [0.5, 0.6) is 0 Å².